The number of rotatable bonds is 5. The summed E-state index contributed by atoms with van der Waals surface area (Å²) in [6.45, 7) is 0.105. The van der Waals surface area contributed by atoms with E-state index in [1.807, 2.05) is 18.2 Å². The molecule has 104 valence electrons. The zero-order valence-electron chi connectivity index (χ0n) is 11.2. The van der Waals surface area contributed by atoms with Crippen LogP contribution < -0.4 is 4.74 Å². The first kappa shape index (κ1) is 13.9. The van der Waals surface area contributed by atoms with Gasteiger partial charge >= 0.3 is 5.97 Å². The minimum atomic E-state index is -0.665. The first-order chi connectivity index (χ1) is 9.72. The van der Waals surface area contributed by atoms with Crippen LogP contribution in [-0.2, 0) is 9.53 Å². The Kier molecular flexibility index (Phi) is 4.60. The lowest BCUT2D eigenvalue weighted by Gasteiger charge is -2.17. The van der Waals surface area contributed by atoms with Crippen molar-refractivity contribution in [2.24, 2.45) is 0 Å². The molecule has 1 N–H and O–H groups in total. The van der Waals surface area contributed by atoms with Crippen LogP contribution in [0.5, 0.6) is 11.5 Å². The summed E-state index contributed by atoms with van der Waals surface area (Å²) in [7, 11) is 1.32. The summed E-state index contributed by atoms with van der Waals surface area (Å²) in [5.74, 6) is -0.389. The molecule has 0 radical (unpaired) electrons. The van der Waals surface area contributed by atoms with Crippen LogP contribution in [0.15, 0.2) is 54.6 Å². The molecule has 2 rings (SSSR count). The predicted octanol–water partition coefficient (Wildman–Crippen LogP) is 2.73. The second kappa shape index (κ2) is 6.61. The fourth-order valence-electron chi connectivity index (χ4n) is 1.91. The number of aromatic hydroxyl groups is 1. The van der Waals surface area contributed by atoms with Crippen molar-refractivity contribution >= 4 is 5.97 Å². The Balaban J connectivity index is 2.17. The normalized spacial score (nSPS) is 11.7. The Morgan fingerprint density at radius 1 is 1.10 bits per heavy atom. The zero-order valence-corrected chi connectivity index (χ0v) is 11.2. The first-order valence-electron chi connectivity index (χ1n) is 6.26. The maximum atomic E-state index is 11.9. The molecule has 0 spiro atoms. The van der Waals surface area contributed by atoms with E-state index in [0.29, 0.717) is 11.3 Å². The maximum Gasteiger partial charge on any atom is 0.316 e. The lowest BCUT2D eigenvalue weighted by Crippen LogP contribution is -2.21. The number of para-hydroxylation sites is 2. The fraction of sp³-hybridized carbons (Fsp3) is 0.188. The average molecular weight is 272 g/mol. The van der Waals surface area contributed by atoms with Crippen LogP contribution in [0.3, 0.4) is 0 Å². The molecule has 0 amide bonds. The summed E-state index contributed by atoms with van der Waals surface area (Å²) in [5, 5.41) is 9.86. The van der Waals surface area contributed by atoms with Crippen LogP contribution in [0.25, 0.3) is 0 Å². The van der Waals surface area contributed by atoms with Crippen LogP contribution >= 0.6 is 0 Å². The second-order valence-corrected chi connectivity index (χ2v) is 4.26. The molecule has 0 aliphatic rings. The van der Waals surface area contributed by atoms with Gasteiger partial charge in [-0.1, -0.05) is 36.4 Å². The van der Waals surface area contributed by atoms with E-state index in [9.17, 15) is 9.90 Å². The highest BCUT2D eigenvalue weighted by molar-refractivity contribution is 5.79. The molecule has 2 aromatic rings. The molecule has 0 heterocycles. The standard InChI is InChI=1S/C16H16O4/c1-19-16(18)14(13-9-5-6-10-15(13)17)11-20-12-7-3-2-4-8-12/h2-10,14,17H,11H2,1H3. The number of phenolic OH excluding ortho intramolecular Hbond substituents is 1. The monoisotopic (exact) mass is 272 g/mol. The SMILES string of the molecule is COC(=O)C(COc1ccccc1)c1ccccc1O. The zero-order chi connectivity index (χ0) is 14.4. The number of methoxy groups -OCH3 is 1. The van der Waals surface area contributed by atoms with E-state index in [4.69, 9.17) is 9.47 Å². The highest BCUT2D eigenvalue weighted by Gasteiger charge is 2.25. The molecule has 0 saturated heterocycles. The van der Waals surface area contributed by atoms with Crippen molar-refractivity contribution in [2.45, 2.75) is 5.92 Å². The van der Waals surface area contributed by atoms with Gasteiger partial charge < -0.3 is 14.6 Å². The molecule has 0 aromatic heterocycles. The van der Waals surface area contributed by atoms with Gasteiger partial charge in [-0.25, -0.2) is 0 Å². The van der Waals surface area contributed by atoms with E-state index in [1.165, 1.54) is 13.2 Å². The Morgan fingerprint density at radius 3 is 2.40 bits per heavy atom. The Morgan fingerprint density at radius 2 is 1.75 bits per heavy atom. The van der Waals surface area contributed by atoms with Crippen LogP contribution in [0.1, 0.15) is 11.5 Å². The van der Waals surface area contributed by atoms with Crippen molar-refractivity contribution in [2.75, 3.05) is 13.7 Å². The van der Waals surface area contributed by atoms with Gasteiger partial charge in [0, 0.05) is 5.56 Å². The van der Waals surface area contributed by atoms with Gasteiger partial charge in [0.2, 0.25) is 0 Å². The number of phenols is 1. The number of ether oxygens (including phenoxy) is 2. The molecule has 0 saturated carbocycles. The number of hydrogen-bond acceptors (Lipinski definition) is 4. The summed E-state index contributed by atoms with van der Waals surface area (Å²) in [6.07, 6.45) is 0. The maximum absolute atomic E-state index is 11.9. The van der Waals surface area contributed by atoms with Gasteiger partial charge in [0.25, 0.3) is 0 Å². The Labute approximate surface area is 117 Å². The summed E-state index contributed by atoms with van der Waals surface area (Å²) >= 11 is 0. The number of carbonyl (C=O) groups is 1. The number of esters is 1. The van der Waals surface area contributed by atoms with E-state index in [1.54, 1.807) is 30.3 Å². The highest BCUT2D eigenvalue weighted by atomic mass is 16.5. The van der Waals surface area contributed by atoms with E-state index in [-0.39, 0.29) is 12.4 Å². The molecule has 4 nitrogen and oxygen atoms in total. The van der Waals surface area contributed by atoms with Crippen LogP contribution in [0.4, 0.5) is 0 Å². The van der Waals surface area contributed by atoms with Crippen molar-refractivity contribution in [1.29, 1.82) is 0 Å². The van der Waals surface area contributed by atoms with Crippen molar-refractivity contribution in [3.8, 4) is 11.5 Å². The van der Waals surface area contributed by atoms with Crippen LogP contribution in [0, 0.1) is 0 Å². The van der Waals surface area contributed by atoms with Crippen molar-refractivity contribution in [1.82, 2.24) is 0 Å². The average Bonchev–Trinajstić information content (AvgIpc) is 2.50. The lowest BCUT2D eigenvalue weighted by molar-refractivity contribution is -0.143. The quantitative estimate of drug-likeness (QED) is 0.850. The molecule has 2 aromatic carbocycles. The fourth-order valence-corrected chi connectivity index (χ4v) is 1.91. The summed E-state index contributed by atoms with van der Waals surface area (Å²) in [5.41, 5.74) is 0.496. The molecule has 0 aliphatic heterocycles. The van der Waals surface area contributed by atoms with Crippen molar-refractivity contribution in [3.63, 3.8) is 0 Å². The summed E-state index contributed by atoms with van der Waals surface area (Å²) < 4.78 is 10.4. The van der Waals surface area contributed by atoms with Gasteiger partial charge in [0.1, 0.15) is 24.0 Å². The third-order valence-electron chi connectivity index (χ3n) is 2.96. The van der Waals surface area contributed by atoms with Crippen molar-refractivity contribution < 1.29 is 19.4 Å². The number of benzene rings is 2. The predicted molar refractivity (Wildman–Crippen MR) is 74.8 cm³/mol. The molecule has 0 bridgehead atoms. The van der Waals surface area contributed by atoms with E-state index in [2.05, 4.69) is 0 Å². The molecular weight excluding hydrogens is 256 g/mol. The van der Waals surface area contributed by atoms with E-state index < -0.39 is 11.9 Å². The summed E-state index contributed by atoms with van der Waals surface area (Å²) in [4.78, 5) is 11.9. The van der Waals surface area contributed by atoms with Gasteiger partial charge in [-0.15, -0.1) is 0 Å². The van der Waals surface area contributed by atoms with E-state index >= 15 is 0 Å². The molecular formula is C16H16O4. The minimum Gasteiger partial charge on any atom is -0.508 e. The van der Waals surface area contributed by atoms with Gasteiger partial charge in [-0.05, 0) is 18.2 Å². The lowest BCUT2D eigenvalue weighted by atomic mass is 9.99. The number of carbonyl (C=O) groups excluding carboxylic acids is 1. The van der Waals surface area contributed by atoms with Gasteiger partial charge in [-0.2, -0.15) is 0 Å². The minimum absolute atomic E-state index is 0.0551. The van der Waals surface area contributed by atoms with Gasteiger partial charge in [-0.3, -0.25) is 4.79 Å². The van der Waals surface area contributed by atoms with E-state index in [0.717, 1.165) is 0 Å². The second-order valence-electron chi connectivity index (χ2n) is 4.26. The third-order valence-corrected chi connectivity index (χ3v) is 2.96. The molecule has 1 unspecified atom stereocenters. The molecule has 0 fully saturated rings. The molecule has 20 heavy (non-hydrogen) atoms. The number of hydrogen-bond donors (Lipinski definition) is 1. The molecule has 1 atom stereocenters. The third kappa shape index (κ3) is 3.29. The van der Waals surface area contributed by atoms with Crippen LogP contribution in [0.2, 0.25) is 0 Å². The summed E-state index contributed by atoms with van der Waals surface area (Å²) in [6, 6.07) is 15.9. The molecule has 4 heteroatoms. The highest BCUT2D eigenvalue weighted by Crippen LogP contribution is 2.27. The van der Waals surface area contributed by atoms with Crippen LogP contribution in [-0.4, -0.2) is 24.8 Å². The van der Waals surface area contributed by atoms with Gasteiger partial charge in [0.05, 0.1) is 7.11 Å². The van der Waals surface area contributed by atoms with Crippen molar-refractivity contribution in [3.05, 3.63) is 60.2 Å². The smallest absolute Gasteiger partial charge is 0.316 e. The largest absolute Gasteiger partial charge is 0.508 e. The molecule has 0 aliphatic carbocycles. The van der Waals surface area contributed by atoms with Gasteiger partial charge in [0.15, 0.2) is 0 Å². The first-order valence-corrected chi connectivity index (χ1v) is 6.26. The Bertz CT molecular complexity index is 566. The Hall–Kier alpha value is -2.49. The topological polar surface area (TPSA) is 55.8 Å².